The standard InChI is InChI=1S/C14H24O2Si2/c1-16-14(15)11-8-9-12(17(2,3)4)13(10-11)18(5,6)7/h8-10H,1-7H3. The normalized spacial score (nSPS) is 12.4. The van der Waals surface area contributed by atoms with E-state index in [1.54, 1.807) is 0 Å². The van der Waals surface area contributed by atoms with Crippen molar-refractivity contribution in [3.05, 3.63) is 23.8 Å². The van der Waals surface area contributed by atoms with Crippen LogP contribution in [0.15, 0.2) is 18.2 Å². The largest absolute Gasteiger partial charge is 0.465 e. The molecule has 0 bridgehead atoms. The van der Waals surface area contributed by atoms with Crippen LogP contribution in [0.4, 0.5) is 0 Å². The third-order valence-electron chi connectivity index (χ3n) is 3.06. The van der Waals surface area contributed by atoms with Crippen LogP contribution in [-0.4, -0.2) is 29.2 Å². The first-order valence-corrected chi connectivity index (χ1v) is 13.3. The lowest BCUT2D eigenvalue weighted by atomic mass is 10.2. The molecule has 2 nitrogen and oxygen atoms in total. The average Bonchev–Trinajstić information content (AvgIpc) is 2.24. The zero-order chi connectivity index (χ0) is 14.1. The first-order chi connectivity index (χ1) is 8.07. The van der Waals surface area contributed by atoms with Gasteiger partial charge in [-0.15, -0.1) is 0 Å². The van der Waals surface area contributed by atoms with Crippen LogP contribution in [0.2, 0.25) is 39.3 Å². The van der Waals surface area contributed by atoms with E-state index in [2.05, 4.69) is 51.4 Å². The van der Waals surface area contributed by atoms with E-state index in [0.717, 1.165) is 0 Å². The van der Waals surface area contributed by atoms with Crippen molar-refractivity contribution in [3.8, 4) is 0 Å². The van der Waals surface area contributed by atoms with Crippen molar-refractivity contribution >= 4 is 32.5 Å². The maximum Gasteiger partial charge on any atom is 0.337 e. The third kappa shape index (κ3) is 3.32. The minimum Gasteiger partial charge on any atom is -0.465 e. The Morgan fingerprint density at radius 3 is 1.83 bits per heavy atom. The second kappa shape index (κ2) is 5.01. The molecule has 0 N–H and O–H groups in total. The second-order valence-electron chi connectivity index (χ2n) is 6.75. The fraction of sp³-hybridized carbons (Fsp3) is 0.500. The summed E-state index contributed by atoms with van der Waals surface area (Å²) >= 11 is 0. The monoisotopic (exact) mass is 280 g/mol. The molecule has 100 valence electrons. The number of ether oxygens (including phenoxy) is 1. The molecule has 0 aliphatic heterocycles. The van der Waals surface area contributed by atoms with Gasteiger partial charge in [0.1, 0.15) is 0 Å². The molecule has 0 fully saturated rings. The number of benzene rings is 1. The Morgan fingerprint density at radius 1 is 0.944 bits per heavy atom. The van der Waals surface area contributed by atoms with Crippen LogP contribution in [-0.2, 0) is 4.74 Å². The lowest BCUT2D eigenvalue weighted by molar-refractivity contribution is 0.0601. The summed E-state index contributed by atoms with van der Waals surface area (Å²) < 4.78 is 4.82. The second-order valence-corrected chi connectivity index (χ2v) is 16.8. The zero-order valence-electron chi connectivity index (χ0n) is 12.5. The van der Waals surface area contributed by atoms with Gasteiger partial charge in [0, 0.05) is 0 Å². The first-order valence-electron chi connectivity index (χ1n) is 6.30. The topological polar surface area (TPSA) is 26.3 Å². The number of esters is 1. The van der Waals surface area contributed by atoms with Gasteiger partial charge in [-0.05, 0) is 12.1 Å². The zero-order valence-corrected chi connectivity index (χ0v) is 14.5. The molecule has 0 amide bonds. The molecule has 0 spiro atoms. The molecular weight excluding hydrogens is 256 g/mol. The van der Waals surface area contributed by atoms with Gasteiger partial charge < -0.3 is 4.74 Å². The number of methoxy groups -OCH3 is 1. The van der Waals surface area contributed by atoms with Gasteiger partial charge in [-0.3, -0.25) is 0 Å². The highest BCUT2D eigenvalue weighted by molar-refractivity contribution is 6.98. The van der Waals surface area contributed by atoms with E-state index in [1.807, 2.05) is 6.07 Å². The molecule has 0 aliphatic carbocycles. The van der Waals surface area contributed by atoms with Gasteiger partial charge in [0.05, 0.1) is 28.8 Å². The minimum absolute atomic E-state index is 0.239. The van der Waals surface area contributed by atoms with Crippen LogP contribution in [0.3, 0.4) is 0 Å². The molecule has 0 saturated heterocycles. The lowest BCUT2D eigenvalue weighted by Crippen LogP contribution is -2.56. The number of carbonyl (C=O) groups excluding carboxylic acids is 1. The van der Waals surface area contributed by atoms with Crippen molar-refractivity contribution in [1.29, 1.82) is 0 Å². The predicted molar refractivity (Wildman–Crippen MR) is 83.7 cm³/mol. The van der Waals surface area contributed by atoms with E-state index in [0.29, 0.717) is 5.56 Å². The molecule has 18 heavy (non-hydrogen) atoms. The van der Waals surface area contributed by atoms with Gasteiger partial charge in [-0.1, -0.05) is 55.7 Å². The van der Waals surface area contributed by atoms with Crippen LogP contribution in [0.5, 0.6) is 0 Å². The Balaban J connectivity index is 3.45. The summed E-state index contributed by atoms with van der Waals surface area (Å²) in [5.41, 5.74) is 0.678. The lowest BCUT2D eigenvalue weighted by Gasteiger charge is -2.28. The highest BCUT2D eigenvalue weighted by atomic mass is 28.3. The quantitative estimate of drug-likeness (QED) is 0.628. The Morgan fingerprint density at radius 2 is 1.44 bits per heavy atom. The summed E-state index contributed by atoms with van der Waals surface area (Å²) in [4.78, 5) is 11.7. The van der Waals surface area contributed by atoms with Crippen LogP contribution in [0, 0.1) is 0 Å². The molecule has 4 heteroatoms. The number of hydrogen-bond acceptors (Lipinski definition) is 2. The Bertz CT molecular complexity index is 454. The van der Waals surface area contributed by atoms with Crippen LogP contribution < -0.4 is 10.4 Å². The molecule has 0 aliphatic rings. The van der Waals surface area contributed by atoms with Crippen molar-refractivity contribution in [2.45, 2.75) is 39.3 Å². The average molecular weight is 281 g/mol. The van der Waals surface area contributed by atoms with E-state index in [1.165, 1.54) is 17.5 Å². The van der Waals surface area contributed by atoms with Crippen LogP contribution >= 0.6 is 0 Å². The van der Waals surface area contributed by atoms with E-state index in [4.69, 9.17) is 4.74 Å². The maximum atomic E-state index is 11.7. The summed E-state index contributed by atoms with van der Waals surface area (Å²) in [6, 6.07) is 6.11. The molecule has 1 rings (SSSR count). The minimum atomic E-state index is -1.45. The highest BCUT2D eigenvalue weighted by Gasteiger charge is 2.28. The van der Waals surface area contributed by atoms with Crippen molar-refractivity contribution in [2.24, 2.45) is 0 Å². The van der Waals surface area contributed by atoms with Crippen molar-refractivity contribution in [1.82, 2.24) is 0 Å². The number of carbonyl (C=O) groups is 1. The maximum absolute atomic E-state index is 11.7. The number of rotatable bonds is 3. The molecule has 0 unspecified atom stereocenters. The van der Waals surface area contributed by atoms with Gasteiger partial charge >= 0.3 is 5.97 Å². The van der Waals surface area contributed by atoms with Crippen molar-refractivity contribution in [2.75, 3.05) is 7.11 Å². The Kier molecular flexibility index (Phi) is 4.23. The SMILES string of the molecule is COC(=O)c1ccc([Si](C)(C)C)c([Si](C)(C)C)c1. The van der Waals surface area contributed by atoms with Gasteiger partial charge in [0.15, 0.2) is 0 Å². The molecule has 1 aromatic carbocycles. The highest BCUT2D eigenvalue weighted by Crippen LogP contribution is 2.10. The third-order valence-corrected chi connectivity index (χ3v) is 7.39. The Labute approximate surface area is 112 Å². The molecule has 1 aromatic rings. The van der Waals surface area contributed by atoms with Gasteiger partial charge in [-0.25, -0.2) is 4.79 Å². The summed E-state index contributed by atoms with van der Waals surface area (Å²) in [7, 11) is -1.39. The van der Waals surface area contributed by atoms with Crippen LogP contribution in [0.1, 0.15) is 10.4 Å². The summed E-state index contributed by atoms with van der Waals surface area (Å²) in [6.07, 6.45) is 0. The molecule has 0 atom stereocenters. The predicted octanol–water partition coefficient (Wildman–Crippen LogP) is 2.56. The van der Waals surface area contributed by atoms with E-state index in [9.17, 15) is 4.79 Å². The molecule has 0 heterocycles. The summed E-state index contributed by atoms with van der Waals surface area (Å²) in [5.74, 6) is -0.239. The van der Waals surface area contributed by atoms with Gasteiger partial charge in [0.25, 0.3) is 0 Å². The van der Waals surface area contributed by atoms with Crippen LogP contribution in [0.25, 0.3) is 0 Å². The molecule has 0 saturated carbocycles. The van der Waals surface area contributed by atoms with Crippen molar-refractivity contribution in [3.63, 3.8) is 0 Å². The number of hydrogen-bond donors (Lipinski definition) is 0. The molecule has 0 aromatic heterocycles. The Hall–Kier alpha value is -0.876. The summed E-state index contributed by atoms with van der Waals surface area (Å²) in [6.45, 7) is 14.0. The van der Waals surface area contributed by atoms with E-state index >= 15 is 0 Å². The van der Waals surface area contributed by atoms with Gasteiger partial charge in [-0.2, -0.15) is 0 Å². The molecular formula is C14H24O2Si2. The van der Waals surface area contributed by atoms with Gasteiger partial charge in [0.2, 0.25) is 0 Å². The summed E-state index contributed by atoms with van der Waals surface area (Å²) in [5, 5.41) is 2.89. The van der Waals surface area contributed by atoms with E-state index < -0.39 is 16.1 Å². The fourth-order valence-electron chi connectivity index (χ4n) is 2.06. The van der Waals surface area contributed by atoms with Crippen molar-refractivity contribution < 1.29 is 9.53 Å². The first kappa shape index (κ1) is 15.2. The fourth-order valence-corrected chi connectivity index (χ4v) is 7.26. The molecule has 0 radical (unpaired) electrons. The van der Waals surface area contributed by atoms with E-state index in [-0.39, 0.29) is 5.97 Å². The smallest absolute Gasteiger partial charge is 0.337 e.